The zero-order valence-electron chi connectivity index (χ0n) is 16.6. The number of carbonyl (C=O) groups is 2. The number of nitrogens with zero attached hydrogens (tertiary/aromatic N) is 1. The van der Waals surface area contributed by atoms with Crippen molar-refractivity contribution < 1.29 is 22.4 Å². The molecule has 1 aliphatic heterocycles. The van der Waals surface area contributed by atoms with E-state index in [1.807, 2.05) is 0 Å². The number of thioether (sulfide) groups is 1. The summed E-state index contributed by atoms with van der Waals surface area (Å²) in [6.45, 7) is 2.29. The first-order valence-electron chi connectivity index (χ1n) is 9.61. The smallest absolute Gasteiger partial charge is 0.245 e. The molecule has 30 heavy (non-hydrogen) atoms. The number of Topliss-reactive ketones (excluding diaryl/α,β-unsaturated/α-hetero) is 1. The van der Waals surface area contributed by atoms with Crippen LogP contribution in [0.25, 0.3) is 0 Å². The average Bonchev–Trinajstić information content (AvgIpc) is 2.73. The lowest BCUT2D eigenvalue weighted by Crippen LogP contribution is -2.36. The molecule has 1 aliphatic rings. The van der Waals surface area contributed by atoms with E-state index in [9.17, 15) is 22.4 Å². The molecular weight excluding hydrogens is 427 g/mol. The SMILES string of the molecule is CC(=O)c1ccc(SCC(=O)Nc2ccccc2S(=O)(=O)N2CCCCC2)c(F)c1. The number of ketones is 1. The van der Waals surface area contributed by atoms with E-state index >= 15 is 0 Å². The maximum Gasteiger partial charge on any atom is 0.245 e. The average molecular weight is 451 g/mol. The minimum absolute atomic E-state index is 0.0576. The Balaban J connectivity index is 1.70. The van der Waals surface area contributed by atoms with Gasteiger partial charge in [-0.15, -0.1) is 11.8 Å². The summed E-state index contributed by atoms with van der Waals surface area (Å²) in [6.07, 6.45) is 2.64. The molecule has 2 aromatic carbocycles. The van der Waals surface area contributed by atoms with Crippen LogP contribution in [0.1, 0.15) is 36.5 Å². The highest BCUT2D eigenvalue weighted by Gasteiger charge is 2.28. The monoisotopic (exact) mass is 450 g/mol. The predicted molar refractivity (Wildman–Crippen MR) is 115 cm³/mol. The standard InChI is InChI=1S/C21H23FN2O4S2/c1-15(25)16-9-10-19(17(22)13-16)29-14-21(26)23-18-7-3-4-8-20(18)30(27,28)24-11-5-2-6-12-24/h3-4,7-10,13H,2,5-6,11-12,14H2,1H3,(H,23,26). The number of benzene rings is 2. The minimum atomic E-state index is -3.71. The zero-order chi connectivity index (χ0) is 21.7. The van der Waals surface area contributed by atoms with Gasteiger partial charge in [-0.3, -0.25) is 9.59 Å². The number of amides is 1. The molecule has 2 aromatic rings. The number of nitrogens with one attached hydrogen (secondary N) is 1. The second-order valence-electron chi connectivity index (χ2n) is 7.00. The summed E-state index contributed by atoms with van der Waals surface area (Å²) in [4.78, 5) is 24.0. The fourth-order valence-electron chi connectivity index (χ4n) is 3.21. The van der Waals surface area contributed by atoms with Crippen molar-refractivity contribution in [2.24, 2.45) is 0 Å². The first kappa shape index (κ1) is 22.5. The van der Waals surface area contributed by atoms with Gasteiger partial charge in [0.2, 0.25) is 15.9 Å². The largest absolute Gasteiger partial charge is 0.324 e. The van der Waals surface area contributed by atoms with Gasteiger partial charge in [0.25, 0.3) is 0 Å². The number of sulfonamides is 1. The third-order valence-corrected chi connectivity index (χ3v) is 7.80. The second-order valence-corrected chi connectivity index (χ2v) is 9.92. The molecule has 3 rings (SSSR count). The number of para-hydroxylation sites is 1. The van der Waals surface area contributed by atoms with Crippen molar-refractivity contribution in [3.63, 3.8) is 0 Å². The summed E-state index contributed by atoms with van der Waals surface area (Å²) < 4.78 is 41.6. The van der Waals surface area contributed by atoms with Crippen molar-refractivity contribution in [1.29, 1.82) is 0 Å². The van der Waals surface area contributed by atoms with Gasteiger partial charge >= 0.3 is 0 Å². The van der Waals surface area contributed by atoms with Crippen LogP contribution in [0.4, 0.5) is 10.1 Å². The molecule has 0 atom stereocenters. The number of hydrogen-bond donors (Lipinski definition) is 1. The van der Waals surface area contributed by atoms with E-state index in [1.165, 1.54) is 29.4 Å². The molecule has 0 aromatic heterocycles. The van der Waals surface area contributed by atoms with Crippen LogP contribution in [0.3, 0.4) is 0 Å². The van der Waals surface area contributed by atoms with Crippen molar-refractivity contribution in [2.45, 2.75) is 36.0 Å². The minimum Gasteiger partial charge on any atom is -0.324 e. The molecule has 0 bridgehead atoms. The predicted octanol–water partition coefficient (Wildman–Crippen LogP) is 3.93. The zero-order valence-corrected chi connectivity index (χ0v) is 18.2. The molecule has 0 radical (unpaired) electrons. The Morgan fingerprint density at radius 2 is 1.80 bits per heavy atom. The number of carbonyl (C=O) groups excluding carboxylic acids is 2. The summed E-state index contributed by atoms with van der Waals surface area (Å²) >= 11 is 0.978. The molecule has 1 heterocycles. The van der Waals surface area contributed by atoms with Crippen LogP contribution in [-0.4, -0.2) is 43.3 Å². The molecule has 6 nitrogen and oxygen atoms in total. The normalized spacial score (nSPS) is 15.0. The van der Waals surface area contributed by atoms with E-state index in [0.717, 1.165) is 37.1 Å². The second kappa shape index (κ2) is 9.72. The van der Waals surface area contributed by atoms with Gasteiger partial charge in [-0.25, -0.2) is 12.8 Å². The Hall–Kier alpha value is -2.23. The molecule has 0 aliphatic carbocycles. The highest BCUT2D eigenvalue weighted by molar-refractivity contribution is 8.00. The van der Waals surface area contributed by atoms with Gasteiger partial charge in [0, 0.05) is 23.5 Å². The third kappa shape index (κ3) is 5.27. The summed E-state index contributed by atoms with van der Waals surface area (Å²) in [5, 5.41) is 2.63. The summed E-state index contributed by atoms with van der Waals surface area (Å²) in [7, 11) is -3.71. The topological polar surface area (TPSA) is 83.5 Å². The van der Waals surface area contributed by atoms with E-state index in [0.29, 0.717) is 13.1 Å². The van der Waals surface area contributed by atoms with Crippen LogP contribution in [-0.2, 0) is 14.8 Å². The van der Waals surface area contributed by atoms with Crippen LogP contribution in [0.2, 0.25) is 0 Å². The van der Waals surface area contributed by atoms with Crippen molar-refractivity contribution in [2.75, 3.05) is 24.2 Å². The molecular formula is C21H23FN2O4S2. The molecule has 1 N–H and O–H groups in total. The van der Waals surface area contributed by atoms with Gasteiger partial charge in [0.15, 0.2) is 5.78 Å². The van der Waals surface area contributed by atoms with E-state index in [-0.39, 0.29) is 32.6 Å². The first-order valence-corrected chi connectivity index (χ1v) is 12.0. The third-order valence-electron chi connectivity index (χ3n) is 4.79. The quantitative estimate of drug-likeness (QED) is 0.510. The Bertz CT molecular complexity index is 1050. The van der Waals surface area contributed by atoms with Crippen LogP contribution in [0.5, 0.6) is 0 Å². The van der Waals surface area contributed by atoms with Crippen LogP contribution in [0.15, 0.2) is 52.3 Å². The van der Waals surface area contributed by atoms with E-state index in [4.69, 9.17) is 0 Å². The highest BCUT2D eigenvalue weighted by atomic mass is 32.2. The van der Waals surface area contributed by atoms with Crippen molar-refractivity contribution in [3.05, 3.63) is 53.8 Å². The Morgan fingerprint density at radius 3 is 2.47 bits per heavy atom. The van der Waals surface area contributed by atoms with Gasteiger partial charge in [0.05, 0.1) is 11.4 Å². The number of piperidine rings is 1. The number of rotatable bonds is 7. The number of hydrogen-bond acceptors (Lipinski definition) is 5. The summed E-state index contributed by atoms with van der Waals surface area (Å²) in [5.74, 6) is -1.37. The fourth-order valence-corrected chi connectivity index (χ4v) is 5.59. The lowest BCUT2D eigenvalue weighted by atomic mass is 10.1. The molecule has 0 spiro atoms. The highest BCUT2D eigenvalue weighted by Crippen LogP contribution is 2.28. The molecule has 1 amide bonds. The fraction of sp³-hybridized carbons (Fsp3) is 0.333. The van der Waals surface area contributed by atoms with E-state index < -0.39 is 21.7 Å². The Labute approximate surface area is 179 Å². The Morgan fingerprint density at radius 1 is 1.10 bits per heavy atom. The molecule has 160 valence electrons. The van der Waals surface area contributed by atoms with Crippen molar-refractivity contribution >= 4 is 39.2 Å². The maximum absolute atomic E-state index is 14.1. The summed E-state index contributed by atoms with van der Waals surface area (Å²) in [6, 6.07) is 10.4. The van der Waals surface area contributed by atoms with Gasteiger partial charge in [-0.05, 0) is 44.0 Å². The number of anilines is 1. The van der Waals surface area contributed by atoms with Crippen molar-refractivity contribution in [3.8, 4) is 0 Å². The van der Waals surface area contributed by atoms with Gasteiger partial charge in [-0.1, -0.05) is 24.6 Å². The maximum atomic E-state index is 14.1. The first-order chi connectivity index (χ1) is 14.3. The van der Waals surface area contributed by atoms with Crippen LogP contribution in [0, 0.1) is 5.82 Å². The lowest BCUT2D eigenvalue weighted by Gasteiger charge is -2.26. The number of halogens is 1. The molecule has 1 saturated heterocycles. The molecule has 1 fully saturated rings. The molecule has 0 unspecified atom stereocenters. The van der Waals surface area contributed by atoms with Crippen molar-refractivity contribution in [1.82, 2.24) is 4.31 Å². The lowest BCUT2D eigenvalue weighted by molar-refractivity contribution is -0.113. The van der Waals surface area contributed by atoms with Gasteiger partial charge < -0.3 is 5.32 Å². The van der Waals surface area contributed by atoms with Crippen LogP contribution >= 0.6 is 11.8 Å². The Kier molecular flexibility index (Phi) is 7.27. The van der Waals surface area contributed by atoms with Gasteiger partial charge in [-0.2, -0.15) is 4.31 Å². The molecule has 0 saturated carbocycles. The summed E-state index contributed by atoms with van der Waals surface area (Å²) in [5.41, 5.74) is 0.472. The van der Waals surface area contributed by atoms with E-state index in [1.54, 1.807) is 18.2 Å². The van der Waals surface area contributed by atoms with E-state index in [2.05, 4.69) is 5.32 Å². The van der Waals surface area contributed by atoms with Crippen LogP contribution < -0.4 is 5.32 Å². The van der Waals surface area contributed by atoms with Gasteiger partial charge in [0.1, 0.15) is 10.7 Å². The molecule has 9 heteroatoms.